The summed E-state index contributed by atoms with van der Waals surface area (Å²) in [4.78, 5) is 11.7. The summed E-state index contributed by atoms with van der Waals surface area (Å²) in [6, 6.07) is 0. The molecular formula is C18H32O2. The van der Waals surface area contributed by atoms with Gasteiger partial charge in [-0.05, 0) is 31.1 Å². The zero-order chi connectivity index (χ0) is 14.6. The summed E-state index contributed by atoms with van der Waals surface area (Å²) in [5, 5.41) is 0. The molecule has 0 aromatic rings. The predicted molar refractivity (Wildman–Crippen MR) is 82.5 cm³/mol. The van der Waals surface area contributed by atoms with Gasteiger partial charge in [0, 0.05) is 5.92 Å². The van der Waals surface area contributed by atoms with E-state index in [0.717, 1.165) is 6.42 Å². The normalized spacial score (nSPS) is 36.8. The van der Waals surface area contributed by atoms with E-state index in [1.165, 1.54) is 57.8 Å². The highest BCUT2D eigenvalue weighted by molar-refractivity contribution is 5.74. The summed E-state index contributed by atoms with van der Waals surface area (Å²) in [6.45, 7) is 6.72. The molecule has 2 rings (SSSR count). The fraction of sp³-hybridized carbons (Fsp3) is 0.944. The van der Waals surface area contributed by atoms with Crippen LogP contribution in [0, 0.1) is 17.3 Å². The molecule has 2 aliphatic rings. The van der Waals surface area contributed by atoms with Gasteiger partial charge in [-0.1, -0.05) is 59.3 Å². The third-order valence-corrected chi connectivity index (χ3v) is 5.67. The third kappa shape index (κ3) is 3.77. The van der Waals surface area contributed by atoms with Crippen molar-refractivity contribution in [3.63, 3.8) is 0 Å². The lowest BCUT2D eigenvalue weighted by molar-refractivity contribution is -0.145. The quantitative estimate of drug-likeness (QED) is 0.479. The molecule has 116 valence electrons. The number of carbonyl (C=O) groups is 1. The van der Waals surface area contributed by atoms with E-state index in [1.807, 2.05) is 6.92 Å². The number of hydrogen-bond donors (Lipinski definition) is 0. The average molecular weight is 280 g/mol. The standard InChI is InChI=1S/C18H32O2/c1-4-5-6-7-8-9-11-18(3)12-10-15-14(2)17(19)20-16(15)13-18/h14-16H,4-13H2,1-3H3/t14-,15?,16-,18?/m1/s1. The van der Waals surface area contributed by atoms with Crippen LogP contribution in [0.3, 0.4) is 0 Å². The molecule has 2 unspecified atom stereocenters. The molecule has 0 aromatic carbocycles. The summed E-state index contributed by atoms with van der Waals surface area (Å²) in [5.41, 5.74) is 0.413. The Morgan fingerprint density at radius 1 is 1.20 bits per heavy atom. The molecule has 0 bridgehead atoms. The van der Waals surface area contributed by atoms with Crippen LogP contribution >= 0.6 is 0 Å². The fourth-order valence-electron chi connectivity index (χ4n) is 4.13. The zero-order valence-corrected chi connectivity index (χ0v) is 13.6. The topological polar surface area (TPSA) is 26.3 Å². The Morgan fingerprint density at radius 2 is 1.90 bits per heavy atom. The van der Waals surface area contributed by atoms with E-state index >= 15 is 0 Å². The van der Waals surface area contributed by atoms with Gasteiger partial charge in [-0.2, -0.15) is 0 Å². The molecule has 0 aromatic heterocycles. The number of carbonyl (C=O) groups excluding carboxylic acids is 1. The van der Waals surface area contributed by atoms with Crippen LogP contribution in [0.5, 0.6) is 0 Å². The number of ether oxygens (including phenoxy) is 1. The Bertz CT molecular complexity index is 325. The molecule has 0 spiro atoms. The van der Waals surface area contributed by atoms with Gasteiger partial charge >= 0.3 is 5.97 Å². The molecule has 1 aliphatic carbocycles. The van der Waals surface area contributed by atoms with Crippen molar-refractivity contribution in [3.8, 4) is 0 Å². The second kappa shape index (κ2) is 6.95. The maximum Gasteiger partial charge on any atom is 0.309 e. The summed E-state index contributed by atoms with van der Waals surface area (Å²) in [6.07, 6.45) is 13.3. The number of esters is 1. The van der Waals surface area contributed by atoms with Gasteiger partial charge in [-0.25, -0.2) is 0 Å². The molecule has 1 saturated heterocycles. The Hall–Kier alpha value is -0.530. The summed E-state index contributed by atoms with van der Waals surface area (Å²) < 4.78 is 5.59. The summed E-state index contributed by atoms with van der Waals surface area (Å²) in [7, 11) is 0. The van der Waals surface area contributed by atoms with E-state index in [9.17, 15) is 4.79 Å². The molecular weight excluding hydrogens is 248 g/mol. The second-order valence-electron chi connectivity index (χ2n) is 7.50. The first-order chi connectivity index (χ1) is 9.56. The fourth-order valence-corrected chi connectivity index (χ4v) is 4.13. The van der Waals surface area contributed by atoms with Crippen LogP contribution in [0.2, 0.25) is 0 Å². The number of unbranched alkanes of at least 4 members (excludes halogenated alkanes) is 5. The van der Waals surface area contributed by atoms with Crippen LogP contribution in [0.1, 0.15) is 85.0 Å². The largest absolute Gasteiger partial charge is 0.462 e. The Kier molecular flexibility index (Phi) is 5.51. The summed E-state index contributed by atoms with van der Waals surface area (Å²) >= 11 is 0. The van der Waals surface area contributed by atoms with Crippen molar-refractivity contribution in [1.29, 1.82) is 0 Å². The number of hydrogen-bond acceptors (Lipinski definition) is 2. The van der Waals surface area contributed by atoms with Crippen LogP contribution in [0.25, 0.3) is 0 Å². The lowest BCUT2D eigenvalue weighted by Crippen LogP contribution is -2.34. The first-order valence-corrected chi connectivity index (χ1v) is 8.76. The molecule has 1 saturated carbocycles. The van der Waals surface area contributed by atoms with Crippen molar-refractivity contribution >= 4 is 5.97 Å². The minimum atomic E-state index is 0.0452. The molecule has 2 heteroatoms. The minimum absolute atomic E-state index is 0.0452. The highest BCUT2D eigenvalue weighted by Gasteiger charge is 2.48. The van der Waals surface area contributed by atoms with E-state index in [-0.39, 0.29) is 18.0 Å². The van der Waals surface area contributed by atoms with E-state index in [4.69, 9.17) is 4.74 Å². The summed E-state index contributed by atoms with van der Waals surface area (Å²) in [5.74, 6) is 0.683. The molecule has 2 nitrogen and oxygen atoms in total. The first-order valence-electron chi connectivity index (χ1n) is 8.76. The van der Waals surface area contributed by atoms with Crippen molar-refractivity contribution in [3.05, 3.63) is 0 Å². The van der Waals surface area contributed by atoms with Crippen LogP contribution in [-0.4, -0.2) is 12.1 Å². The average Bonchev–Trinajstić information content (AvgIpc) is 2.68. The monoisotopic (exact) mass is 280 g/mol. The maximum absolute atomic E-state index is 11.7. The first kappa shape index (κ1) is 15.9. The van der Waals surface area contributed by atoms with Gasteiger partial charge in [-0.15, -0.1) is 0 Å². The number of rotatable bonds is 7. The van der Waals surface area contributed by atoms with E-state index in [1.54, 1.807) is 0 Å². The Balaban J connectivity index is 1.71. The second-order valence-corrected chi connectivity index (χ2v) is 7.50. The molecule has 0 radical (unpaired) electrons. The van der Waals surface area contributed by atoms with Gasteiger partial charge in [0.1, 0.15) is 6.10 Å². The number of fused-ring (bicyclic) bond motifs is 1. The van der Waals surface area contributed by atoms with E-state index in [0.29, 0.717) is 11.3 Å². The molecule has 20 heavy (non-hydrogen) atoms. The third-order valence-electron chi connectivity index (χ3n) is 5.67. The molecule has 1 aliphatic heterocycles. The Morgan fingerprint density at radius 3 is 2.65 bits per heavy atom. The van der Waals surface area contributed by atoms with Gasteiger partial charge in [0.2, 0.25) is 0 Å². The van der Waals surface area contributed by atoms with E-state index < -0.39 is 0 Å². The van der Waals surface area contributed by atoms with Gasteiger partial charge in [-0.3, -0.25) is 4.79 Å². The lowest BCUT2D eigenvalue weighted by Gasteiger charge is -2.39. The van der Waals surface area contributed by atoms with Crippen molar-refractivity contribution in [2.45, 2.75) is 91.1 Å². The highest BCUT2D eigenvalue weighted by atomic mass is 16.6. The van der Waals surface area contributed by atoms with Crippen LogP contribution in [0.4, 0.5) is 0 Å². The van der Waals surface area contributed by atoms with Gasteiger partial charge in [0.05, 0.1) is 5.92 Å². The van der Waals surface area contributed by atoms with Crippen molar-refractivity contribution in [2.24, 2.45) is 17.3 Å². The zero-order valence-electron chi connectivity index (χ0n) is 13.6. The van der Waals surface area contributed by atoms with Crippen molar-refractivity contribution in [2.75, 3.05) is 0 Å². The van der Waals surface area contributed by atoms with Crippen LogP contribution in [0.15, 0.2) is 0 Å². The van der Waals surface area contributed by atoms with Crippen molar-refractivity contribution in [1.82, 2.24) is 0 Å². The Labute approximate surface area is 124 Å². The molecule has 0 N–H and O–H groups in total. The molecule has 1 heterocycles. The molecule has 4 atom stereocenters. The smallest absolute Gasteiger partial charge is 0.309 e. The van der Waals surface area contributed by atoms with Gasteiger partial charge in [0.25, 0.3) is 0 Å². The minimum Gasteiger partial charge on any atom is -0.462 e. The highest BCUT2D eigenvalue weighted by Crippen LogP contribution is 2.48. The van der Waals surface area contributed by atoms with Gasteiger partial charge < -0.3 is 4.74 Å². The van der Waals surface area contributed by atoms with Crippen LogP contribution in [-0.2, 0) is 9.53 Å². The van der Waals surface area contributed by atoms with Crippen molar-refractivity contribution < 1.29 is 9.53 Å². The van der Waals surface area contributed by atoms with E-state index in [2.05, 4.69) is 13.8 Å². The SMILES string of the molecule is CCCCCCCCC1(C)CCC2[C@@H](C1)OC(=O)[C@@H]2C. The van der Waals surface area contributed by atoms with Gasteiger partial charge in [0.15, 0.2) is 0 Å². The molecule has 0 amide bonds. The van der Waals surface area contributed by atoms with Crippen LogP contribution < -0.4 is 0 Å². The predicted octanol–water partition coefficient (Wildman–Crippen LogP) is 5.10. The molecule has 2 fully saturated rings. The maximum atomic E-state index is 11.7. The lowest BCUT2D eigenvalue weighted by atomic mass is 9.66.